The fourth-order valence-electron chi connectivity index (χ4n) is 4.30. The number of imidazole rings is 1. The zero-order valence-electron chi connectivity index (χ0n) is 27.6. The molecule has 0 aliphatic heterocycles. The molecule has 0 atom stereocenters. The molecular formula is C38H39N2O10+. The van der Waals surface area contributed by atoms with E-state index >= 15 is 0 Å². The van der Waals surface area contributed by atoms with Gasteiger partial charge in [0, 0.05) is 6.08 Å². The molecule has 1 heterocycles. The van der Waals surface area contributed by atoms with E-state index in [0.717, 1.165) is 6.08 Å². The fraction of sp³-hybridized carbons (Fsp3) is 0.237. The van der Waals surface area contributed by atoms with Crippen LogP contribution in [0.2, 0.25) is 0 Å². The number of hydrogen-bond acceptors (Lipinski definition) is 10. The quantitative estimate of drug-likeness (QED) is 0.0381. The minimum absolute atomic E-state index is 0.128. The summed E-state index contributed by atoms with van der Waals surface area (Å²) in [6, 6.07) is 19.2. The summed E-state index contributed by atoms with van der Waals surface area (Å²) in [7, 11) is 0. The summed E-state index contributed by atoms with van der Waals surface area (Å²) in [6.45, 7) is 8.58. The summed E-state index contributed by atoms with van der Waals surface area (Å²) in [5.41, 5.74) is 0.672. The first-order valence-electron chi connectivity index (χ1n) is 16.0. The second kappa shape index (κ2) is 19.6. The summed E-state index contributed by atoms with van der Waals surface area (Å²) in [6.07, 6.45) is 10.7. The Morgan fingerprint density at radius 1 is 0.620 bits per heavy atom. The number of hydrogen-bond donors (Lipinski definition) is 0. The number of rotatable bonds is 20. The van der Waals surface area contributed by atoms with Crippen LogP contribution in [0, 0.1) is 0 Å². The number of nitrogens with zero attached hydrogens (tertiary/aromatic N) is 2. The van der Waals surface area contributed by atoms with E-state index in [4.69, 9.17) is 28.4 Å². The number of aromatic nitrogens is 2. The summed E-state index contributed by atoms with van der Waals surface area (Å²) < 4.78 is 35.9. The molecule has 260 valence electrons. The highest BCUT2D eigenvalue weighted by molar-refractivity contribution is 5.92. The van der Waals surface area contributed by atoms with Crippen LogP contribution in [0.1, 0.15) is 46.4 Å². The second-order valence-electron chi connectivity index (χ2n) is 10.7. The molecule has 1 aromatic heterocycles. The molecule has 12 nitrogen and oxygen atoms in total. The van der Waals surface area contributed by atoms with Crippen LogP contribution in [0.5, 0.6) is 23.0 Å². The largest absolute Gasteiger partial charge is 0.494 e. The topological polar surface area (TPSA) is 132 Å². The highest BCUT2D eigenvalue weighted by atomic mass is 16.5. The van der Waals surface area contributed by atoms with E-state index < -0.39 is 17.9 Å². The van der Waals surface area contributed by atoms with Crippen LogP contribution < -0.4 is 23.5 Å². The molecule has 0 N–H and O–H groups in total. The van der Waals surface area contributed by atoms with Gasteiger partial charge in [-0.15, -0.1) is 0 Å². The van der Waals surface area contributed by atoms with Gasteiger partial charge in [-0.05, 0) is 98.5 Å². The minimum Gasteiger partial charge on any atom is -0.494 e. The van der Waals surface area contributed by atoms with Crippen molar-refractivity contribution in [1.82, 2.24) is 4.57 Å². The van der Waals surface area contributed by atoms with Crippen molar-refractivity contribution in [3.8, 4) is 23.0 Å². The molecule has 0 saturated heterocycles. The Labute approximate surface area is 290 Å². The Balaban J connectivity index is 1.10. The first kappa shape index (κ1) is 36.7. The average molecular weight is 684 g/mol. The van der Waals surface area contributed by atoms with Crippen LogP contribution in [0.15, 0.2) is 111 Å². The molecule has 0 saturated carbocycles. The highest BCUT2D eigenvalue weighted by Crippen LogP contribution is 2.21. The Kier molecular flexibility index (Phi) is 14.4. The molecule has 0 fully saturated rings. The van der Waals surface area contributed by atoms with Gasteiger partial charge in [0.2, 0.25) is 6.33 Å². The molecule has 0 aliphatic rings. The molecular weight excluding hydrogens is 644 g/mol. The lowest BCUT2D eigenvalue weighted by Crippen LogP contribution is -2.36. The van der Waals surface area contributed by atoms with Crippen LogP contribution in [0.3, 0.4) is 0 Å². The van der Waals surface area contributed by atoms with Gasteiger partial charge in [-0.2, -0.15) is 0 Å². The molecule has 0 radical (unpaired) electrons. The lowest BCUT2D eigenvalue weighted by Gasteiger charge is -2.09. The Morgan fingerprint density at radius 2 is 1.08 bits per heavy atom. The van der Waals surface area contributed by atoms with Crippen LogP contribution in [-0.4, -0.2) is 54.9 Å². The van der Waals surface area contributed by atoms with Crippen molar-refractivity contribution >= 4 is 30.1 Å². The summed E-state index contributed by atoms with van der Waals surface area (Å²) in [5.74, 6) is -0.126. The van der Waals surface area contributed by atoms with Crippen molar-refractivity contribution in [2.75, 3.05) is 26.4 Å². The van der Waals surface area contributed by atoms with Gasteiger partial charge in [0.05, 0.1) is 43.8 Å². The van der Waals surface area contributed by atoms with Gasteiger partial charge in [0.15, 0.2) is 6.54 Å². The van der Waals surface area contributed by atoms with Crippen LogP contribution in [-0.2, 0) is 25.6 Å². The maximum Gasteiger partial charge on any atom is 0.348 e. The number of ether oxygens (including phenoxy) is 6. The molecule has 0 amide bonds. The first-order chi connectivity index (χ1) is 24.3. The lowest BCUT2D eigenvalue weighted by atomic mass is 10.2. The van der Waals surface area contributed by atoms with Gasteiger partial charge in [0.25, 0.3) is 0 Å². The average Bonchev–Trinajstić information content (AvgIpc) is 3.59. The molecule has 0 aliphatic carbocycles. The molecule has 4 rings (SSSR count). The summed E-state index contributed by atoms with van der Waals surface area (Å²) >= 11 is 0. The molecule has 50 heavy (non-hydrogen) atoms. The van der Waals surface area contributed by atoms with Crippen LogP contribution in [0.25, 0.3) is 6.20 Å². The van der Waals surface area contributed by atoms with Gasteiger partial charge >= 0.3 is 23.9 Å². The zero-order chi connectivity index (χ0) is 35.6. The van der Waals surface area contributed by atoms with E-state index in [9.17, 15) is 19.2 Å². The molecule has 0 unspecified atom stereocenters. The third kappa shape index (κ3) is 12.5. The third-order valence-corrected chi connectivity index (χ3v) is 6.95. The van der Waals surface area contributed by atoms with Gasteiger partial charge in [-0.1, -0.05) is 13.2 Å². The van der Waals surface area contributed by atoms with E-state index in [1.54, 1.807) is 82.6 Å². The van der Waals surface area contributed by atoms with E-state index in [-0.39, 0.29) is 24.0 Å². The van der Waals surface area contributed by atoms with Gasteiger partial charge < -0.3 is 28.4 Å². The Hall–Kier alpha value is -6.17. The van der Waals surface area contributed by atoms with Crippen molar-refractivity contribution < 1.29 is 52.2 Å². The minimum atomic E-state index is -0.555. The Bertz CT molecular complexity index is 1730. The maximum absolute atomic E-state index is 12.6. The molecule has 4 aromatic rings. The predicted molar refractivity (Wildman–Crippen MR) is 182 cm³/mol. The van der Waals surface area contributed by atoms with Crippen molar-refractivity contribution in [1.29, 1.82) is 0 Å². The van der Waals surface area contributed by atoms with Crippen LogP contribution >= 0.6 is 0 Å². The van der Waals surface area contributed by atoms with E-state index in [1.165, 1.54) is 24.3 Å². The molecule has 12 heteroatoms. The number of benzene rings is 3. The SMILES string of the molecule is C=CC(=O)OCCCCOc1ccc(C(=O)Oc2ccc(OC(=O)c3ccc(OCCCCOC(=O)C[n+]4ccn(C=C)c4)cc3)cc2)cc1. The van der Waals surface area contributed by atoms with Crippen molar-refractivity contribution in [3.63, 3.8) is 0 Å². The zero-order valence-corrected chi connectivity index (χ0v) is 27.6. The smallest absolute Gasteiger partial charge is 0.348 e. The lowest BCUT2D eigenvalue weighted by molar-refractivity contribution is -0.685. The molecule has 3 aromatic carbocycles. The standard InChI is InChI=1S/C38H39N2O10/c1-3-35(41)47-25-7-5-23-45-31-13-9-29(10-14-31)37(43)49-33-17-19-34(20-18-33)50-38(44)30-11-15-32(16-12-30)46-24-6-8-26-48-36(42)27-40-22-21-39(4-2)28-40/h3-4,9-22,28H,1-2,5-8,23-27H2/q+1. The van der Waals surface area contributed by atoms with Crippen molar-refractivity contribution in [3.05, 3.63) is 122 Å². The predicted octanol–water partition coefficient (Wildman–Crippen LogP) is 5.61. The monoisotopic (exact) mass is 683 g/mol. The summed E-state index contributed by atoms with van der Waals surface area (Å²) in [4.78, 5) is 48.2. The van der Waals surface area contributed by atoms with Gasteiger partial charge in [-0.3, -0.25) is 0 Å². The second-order valence-corrected chi connectivity index (χ2v) is 10.7. The van der Waals surface area contributed by atoms with Gasteiger partial charge in [0.1, 0.15) is 35.4 Å². The maximum atomic E-state index is 12.6. The number of carbonyl (C=O) groups excluding carboxylic acids is 4. The summed E-state index contributed by atoms with van der Waals surface area (Å²) in [5, 5.41) is 0. The highest BCUT2D eigenvalue weighted by Gasteiger charge is 2.13. The first-order valence-corrected chi connectivity index (χ1v) is 16.0. The fourth-order valence-corrected chi connectivity index (χ4v) is 4.30. The third-order valence-electron chi connectivity index (χ3n) is 6.95. The molecule has 0 bridgehead atoms. The number of carbonyl (C=O) groups is 4. The van der Waals surface area contributed by atoms with E-state index in [0.29, 0.717) is 74.7 Å². The van der Waals surface area contributed by atoms with Crippen molar-refractivity contribution in [2.45, 2.75) is 32.2 Å². The van der Waals surface area contributed by atoms with E-state index in [2.05, 4.69) is 13.2 Å². The van der Waals surface area contributed by atoms with Gasteiger partial charge in [-0.25, -0.2) is 28.3 Å². The number of esters is 4. The van der Waals surface area contributed by atoms with E-state index in [1.807, 2.05) is 0 Å². The number of unbranched alkanes of at least 4 members (excludes halogenated alkanes) is 2. The Morgan fingerprint density at radius 3 is 1.54 bits per heavy atom. The normalized spacial score (nSPS) is 10.4. The van der Waals surface area contributed by atoms with Crippen molar-refractivity contribution in [2.24, 2.45) is 0 Å². The van der Waals surface area contributed by atoms with Crippen LogP contribution in [0.4, 0.5) is 0 Å². The molecule has 0 spiro atoms.